The molecule has 106 valence electrons. The lowest BCUT2D eigenvalue weighted by Crippen LogP contribution is -2.16. The van der Waals surface area contributed by atoms with Gasteiger partial charge in [0, 0.05) is 16.1 Å². The first-order valence-corrected chi connectivity index (χ1v) is 6.37. The molecule has 1 unspecified atom stereocenters. The molecular formula is C15H14ClF2NO. The van der Waals surface area contributed by atoms with Gasteiger partial charge in [0.15, 0.2) is 11.6 Å². The summed E-state index contributed by atoms with van der Waals surface area (Å²) < 4.78 is 32.8. The summed E-state index contributed by atoms with van der Waals surface area (Å²) in [6.07, 6.45) is 0. The van der Waals surface area contributed by atoms with E-state index in [1.165, 1.54) is 26.2 Å². The SMILES string of the molecule is COc1cc(Cl)ccc1C(N)c1ccc(C)c(F)c1F. The van der Waals surface area contributed by atoms with Crippen LogP contribution in [0.5, 0.6) is 5.75 Å². The summed E-state index contributed by atoms with van der Waals surface area (Å²) >= 11 is 5.87. The fourth-order valence-corrected chi connectivity index (χ4v) is 2.17. The number of halogens is 3. The Labute approximate surface area is 121 Å². The molecule has 0 saturated carbocycles. The summed E-state index contributed by atoms with van der Waals surface area (Å²) in [7, 11) is 1.47. The molecule has 0 aliphatic heterocycles. The zero-order valence-corrected chi connectivity index (χ0v) is 11.8. The number of benzene rings is 2. The molecule has 0 heterocycles. The van der Waals surface area contributed by atoms with E-state index in [1.807, 2.05) is 0 Å². The minimum atomic E-state index is -0.936. The summed E-state index contributed by atoms with van der Waals surface area (Å²) in [6.45, 7) is 1.50. The Bertz CT molecular complexity index is 646. The highest BCUT2D eigenvalue weighted by Crippen LogP contribution is 2.32. The smallest absolute Gasteiger partial charge is 0.164 e. The van der Waals surface area contributed by atoms with Crippen LogP contribution in [0.1, 0.15) is 22.7 Å². The minimum absolute atomic E-state index is 0.0775. The quantitative estimate of drug-likeness (QED) is 0.930. The fraction of sp³-hybridized carbons (Fsp3) is 0.200. The van der Waals surface area contributed by atoms with Crippen LogP contribution >= 0.6 is 11.6 Å². The van der Waals surface area contributed by atoms with Crippen molar-refractivity contribution in [1.82, 2.24) is 0 Å². The van der Waals surface area contributed by atoms with E-state index in [4.69, 9.17) is 22.1 Å². The lowest BCUT2D eigenvalue weighted by Gasteiger charge is -2.17. The summed E-state index contributed by atoms with van der Waals surface area (Å²) in [4.78, 5) is 0. The van der Waals surface area contributed by atoms with Gasteiger partial charge in [0.1, 0.15) is 5.75 Å². The first kappa shape index (κ1) is 14.8. The zero-order valence-electron chi connectivity index (χ0n) is 11.1. The van der Waals surface area contributed by atoms with Crippen molar-refractivity contribution >= 4 is 11.6 Å². The van der Waals surface area contributed by atoms with Gasteiger partial charge in [-0.3, -0.25) is 0 Å². The van der Waals surface area contributed by atoms with Gasteiger partial charge >= 0.3 is 0 Å². The van der Waals surface area contributed by atoms with Crippen LogP contribution in [0, 0.1) is 18.6 Å². The van der Waals surface area contributed by atoms with E-state index in [0.717, 1.165) is 0 Å². The Morgan fingerprint density at radius 2 is 1.75 bits per heavy atom. The fourth-order valence-electron chi connectivity index (χ4n) is 2.01. The molecule has 0 radical (unpaired) electrons. The number of methoxy groups -OCH3 is 1. The Kier molecular flexibility index (Phi) is 4.26. The van der Waals surface area contributed by atoms with Crippen molar-refractivity contribution in [2.45, 2.75) is 13.0 Å². The molecule has 2 aromatic rings. The van der Waals surface area contributed by atoms with Crippen LogP contribution in [0.2, 0.25) is 5.02 Å². The number of nitrogens with two attached hydrogens (primary N) is 1. The summed E-state index contributed by atoms with van der Waals surface area (Å²) in [5.74, 6) is -1.38. The van der Waals surface area contributed by atoms with Crippen LogP contribution in [0.4, 0.5) is 8.78 Å². The van der Waals surface area contributed by atoms with Crippen molar-refractivity contribution in [3.8, 4) is 5.75 Å². The number of hydrogen-bond donors (Lipinski definition) is 1. The first-order chi connectivity index (χ1) is 9.45. The molecule has 0 amide bonds. The molecule has 20 heavy (non-hydrogen) atoms. The lowest BCUT2D eigenvalue weighted by atomic mass is 9.97. The number of rotatable bonds is 3. The maximum absolute atomic E-state index is 14.0. The molecular weight excluding hydrogens is 284 g/mol. The maximum Gasteiger partial charge on any atom is 0.164 e. The monoisotopic (exact) mass is 297 g/mol. The molecule has 2 rings (SSSR count). The third-order valence-corrected chi connectivity index (χ3v) is 3.41. The van der Waals surface area contributed by atoms with E-state index < -0.39 is 17.7 Å². The summed E-state index contributed by atoms with van der Waals surface area (Å²) in [5, 5.41) is 0.480. The molecule has 5 heteroatoms. The van der Waals surface area contributed by atoms with Crippen LogP contribution in [0.25, 0.3) is 0 Å². The van der Waals surface area contributed by atoms with E-state index in [-0.39, 0.29) is 11.1 Å². The third-order valence-electron chi connectivity index (χ3n) is 3.17. The molecule has 2 N–H and O–H groups in total. The Morgan fingerprint density at radius 3 is 2.40 bits per heavy atom. The van der Waals surface area contributed by atoms with Crippen LogP contribution < -0.4 is 10.5 Å². The first-order valence-electron chi connectivity index (χ1n) is 5.99. The topological polar surface area (TPSA) is 35.2 Å². The predicted octanol–water partition coefficient (Wildman–Crippen LogP) is 3.98. The molecule has 0 spiro atoms. The van der Waals surface area contributed by atoms with Crippen molar-refractivity contribution in [2.24, 2.45) is 5.73 Å². The van der Waals surface area contributed by atoms with Gasteiger partial charge in [-0.2, -0.15) is 0 Å². The van der Waals surface area contributed by atoms with Gasteiger partial charge in [0.05, 0.1) is 13.2 Å². The van der Waals surface area contributed by atoms with Crippen molar-refractivity contribution in [3.63, 3.8) is 0 Å². The van der Waals surface area contributed by atoms with E-state index >= 15 is 0 Å². The summed E-state index contributed by atoms with van der Waals surface area (Å²) in [5.41, 5.74) is 6.89. The average Bonchev–Trinajstić information content (AvgIpc) is 2.44. The molecule has 0 saturated heterocycles. The van der Waals surface area contributed by atoms with Gasteiger partial charge in [-0.25, -0.2) is 8.78 Å². The van der Waals surface area contributed by atoms with Gasteiger partial charge < -0.3 is 10.5 Å². The standard InChI is InChI=1S/C15H14ClF2NO/c1-8-3-5-11(14(18)13(8)17)15(19)10-6-4-9(16)7-12(10)20-2/h3-7,15H,19H2,1-2H3. The van der Waals surface area contributed by atoms with E-state index in [0.29, 0.717) is 16.3 Å². The number of aryl methyl sites for hydroxylation is 1. The number of hydrogen-bond acceptors (Lipinski definition) is 2. The van der Waals surface area contributed by atoms with Gasteiger partial charge in [-0.05, 0) is 24.6 Å². The molecule has 0 fully saturated rings. The van der Waals surface area contributed by atoms with Crippen LogP contribution in [0.3, 0.4) is 0 Å². The predicted molar refractivity (Wildman–Crippen MR) is 75.1 cm³/mol. The molecule has 2 nitrogen and oxygen atoms in total. The van der Waals surface area contributed by atoms with Gasteiger partial charge in [0.25, 0.3) is 0 Å². The van der Waals surface area contributed by atoms with Crippen LogP contribution in [-0.2, 0) is 0 Å². The average molecular weight is 298 g/mol. The Hall–Kier alpha value is -1.65. The maximum atomic E-state index is 14.0. The Morgan fingerprint density at radius 1 is 1.10 bits per heavy atom. The van der Waals surface area contributed by atoms with E-state index in [2.05, 4.69) is 0 Å². The highest BCUT2D eigenvalue weighted by atomic mass is 35.5. The lowest BCUT2D eigenvalue weighted by molar-refractivity contribution is 0.407. The highest BCUT2D eigenvalue weighted by Gasteiger charge is 2.20. The van der Waals surface area contributed by atoms with E-state index in [1.54, 1.807) is 18.2 Å². The number of ether oxygens (including phenoxy) is 1. The summed E-state index contributed by atoms with van der Waals surface area (Å²) in [6, 6.07) is 6.99. The molecule has 0 aliphatic rings. The van der Waals surface area contributed by atoms with E-state index in [9.17, 15) is 8.78 Å². The second kappa shape index (κ2) is 5.77. The van der Waals surface area contributed by atoms with Crippen LogP contribution in [-0.4, -0.2) is 7.11 Å². The Balaban J connectivity index is 2.52. The molecule has 1 atom stereocenters. The van der Waals surface area contributed by atoms with Crippen molar-refractivity contribution in [2.75, 3.05) is 7.11 Å². The van der Waals surface area contributed by atoms with Crippen molar-refractivity contribution < 1.29 is 13.5 Å². The van der Waals surface area contributed by atoms with Crippen molar-refractivity contribution in [1.29, 1.82) is 0 Å². The largest absolute Gasteiger partial charge is 0.496 e. The second-order valence-corrected chi connectivity index (χ2v) is 4.90. The molecule has 0 aliphatic carbocycles. The van der Waals surface area contributed by atoms with Gasteiger partial charge in [-0.1, -0.05) is 29.8 Å². The molecule has 0 aromatic heterocycles. The molecule has 2 aromatic carbocycles. The van der Waals surface area contributed by atoms with Crippen LogP contribution in [0.15, 0.2) is 30.3 Å². The zero-order chi connectivity index (χ0) is 14.9. The highest BCUT2D eigenvalue weighted by molar-refractivity contribution is 6.30. The van der Waals surface area contributed by atoms with Gasteiger partial charge in [-0.15, -0.1) is 0 Å². The normalized spacial score (nSPS) is 12.3. The second-order valence-electron chi connectivity index (χ2n) is 4.46. The molecule has 0 bridgehead atoms. The minimum Gasteiger partial charge on any atom is -0.496 e. The van der Waals surface area contributed by atoms with Gasteiger partial charge in [0.2, 0.25) is 0 Å². The third kappa shape index (κ3) is 2.62. The van der Waals surface area contributed by atoms with Crippen molar-refractivity contribution in [3.05, 3.63) is 63.7 Å².